The van der Waals surface area contributed by atoms with E-state index in [2.05, 4.69) is 34.5 Å². The van der Waals surface area contributed by atoms with Gasteiger partial charge in [-0.05, 0) is 44.0 Å². The second-order valence-electron chi connectivity index (χ2n) is 5.65. The molecule has 0 aliphatic carbocycles. The van der Waals surface area contributed by atoms with E-state index in [0.717, 1.165) is 31.6 Å². The molecule has 21 heavy (non-hydrogen) atoms. The first-order valence-corrected chi connectivity index (χ1v) is 7.55. The maximum Gasteiger partial charge on any atom is 0.128 e. The fourth-order valence-electron chi connectivity index (χ4n) is 2.90. The number of nitrogens with zero attached hydrogens (tertiary/aromatic N) is 1. The molecule has 3 heteroatoms. The summed E-state index contributed by atoms with van der Waals surface area (Å²) in [5.74, 6) is -0.137. The number of hydrogen-bond donors (Lipinski definition) is 1. The van der Waals surface area contributed by atoms with Gasteiger partial charge in [-0.15, -0.1) is 0 Å². The molecule has 1 saturated heterocycles. The maximum atomic E-state index is 13.6. The lowest BCUT2D eigenvalue weighted by molar-refractivity contribution is 0.526. The first-order valence-electron chi connectivity index (χ1n) is 7.55. The minimum absolute atomic E-state index is 0.137. The molecule has 1 fully saturated rings. The summed E-state index contributed by atoms with van der Waals surface area (Å²) in [6.07, 6.45) is 2.15. The van der Waals surface area contributed by atoms with E-state index in [4.69, 9.17) is 0 Å². The normalized spacial score (nSPS) is 16.0. The quantitative estimate of drug-likeness (QED) is 0.908. The van der Waals surface area contributed by atoms with Gasteiger partial charge < -0.3 is 10.2 Å². The highest BCUT2D eigenvalue weighted by Gasteiger charge is 2.19. The predicted molar refractivity (Wildman–Crippen MR) is 86.4 cm³/mol. The van der Waals surface area contributed by atoms with Crippen molar-refractivity contribution in [2.24, 2.45) is 0 Å². The molecule has 2 nitrogen and oxygen atoms in total. The maximum absolute atomic E-state index is 13.6. The molecule has 0 aromatic heterocycles. The van der Waals surface area contributed by atoms with Crippen molar-refractivity contribution in [2.75, 3.05) is 23.3 Å². The Hall–Kier alpha value is -2.03. The number of piperidine rings is 1. The second-order valence-corrected chi connectivity index (χ2v) is 5.65. The lowest BCUT2D eigenvalue weighted by Gasteiger charge is -2.34. The van der Waals surface area contributed by atoms with Crippen LogP contribution in [0.5, 0.6) is 0 Å². The standard InChI is InChI=1S/C18H21FN2/c1-14-17(19)8-5-9-18(14)20-15-10-12-21(13-11-15)16-6-3-2-4-7-16/h2-9,15,20H,10-13H2,1H3. The Morgan fingerprint density at radius 2 is 1.71 bits per heavy atom. The van der Waals surface area contributed by atoms with Gasteiger partial charge in [0.05, 0.1) is 0 Å². The van der Waals surface area contributed by atoms with E-state index in [9.17, 15) is 4.39 Å². The van der Waals surface area contributed by atoms with Crippen molar-refractivity contribution in [1.82, 2.24) is 0 Å². The van der Waals surface area contributed by atoms with Crippen molar-refractivity contribution in [3.8, 4) is 0 Å². The van der Waals surface area contributed by atoms with Crippen LogP contribution in [0.25, 0.3) is 0 Å². The molecule has 1 aliphatic rings. The number of para-hydroxylation sites is 1. The Morgan fingerprint density at radius 1 is 1.00 bits per heavy atom. The Kier molecular flexibility index (Phi) is 4.09. The molecule has 0 bridgehead atoms. The molecule has 0 amide bonds. The van der Waals surface area contributed by atoms with Gasteiger partial charge >= 0.3 is 0 Å². The second kappa shape index (κ2) is 6.17. The van der Waals surface area contributed by atoms with Crippen molar-refractivity contribution in [1.29, 1.82) is 0 Å². The van der Waals surface area contributed by atoms with E-state index in [-0.39, 0.29) is 5.82 Å². The minimum atomic E-state index is -0.137. The average molecular weight is 284 g/mol. The molecule has 1 heterocycles. The van der Waals surface area contributed by atoms with Gasteiger partial charge in [0.2, 0.25) is 0 Å². The molecule has 2 aromatic rings. The van der Waals surface area contributed by atoms with E-state index in [1.54, 1.807) is 6.07 Å². The summed E-state index contributed by atoms with van der Waals surface area (Å²) < 4.78 is 13.6. The van der Waals surface area contributed by atoms with Crippen LogP contribution in [-0.2, 0) is 0 Å². The van der Waals surface area contributed by atoms with Gasteiger partial charge in [0.25, 0.3) is 0 Å². The zero-order valence-electron chi connectivity index (χ0n) is 12.3. The van der Waals surface area contributed by atoms with Crippen LogP contribution in [0.15, 0.2) is 48.5 Å². The van der Waals surface area contributed by atoms with Crippen molar-refractivity contribution in [2.45, 2.75) is 25.8 Å². The zero-order valence-corrected chi connectivity index (χ0v) is 12.3. The highest BCUT2D eigenvalue weighted by molar-refractivity contribution is 5.52. The fourth-order valence-corrected chi connectivity index (χ4v) is 2.90. The molecule has 0 atom stereocenters. The lowest BCUT2D eigenvalue weighted by Crippen LogP contribution is -2.39. The summed E-state index contributed by atoms with van der Waals surface area (Å²) in [4.78, 5) is 2.41. The van der Waals surface area contributed by atoms with E-state index in [1.807, 2.05) is 19.1 Å². The highest BCUT2D eigenvalue weighted by atomic mass is 19.1. The minimum Gasteiger partial charge on any atom is -0.382 e. The van der Waals surface area contributed by atoms with Crippen LogP contribution >= 0.6 is 0 Å². The zero-order chi connectivity index (χ0) is 14.7. The van der Waals surface area contributed by atoms with Crippen molar-refractivity contribution in [3.05, 3.63) is 59.9 Å². The Balaban J connectivity index is 1.60. The van der Waals surface area contributed by atoms with Crippen LogP contribution in [0.3, 0.4) is 0 Å². The Labute approximate surface area is 125 Å². The van der Waals surface area contributed by atoms with Gasteiger partial charge in [-0.2, -0.15) is 0 Å². The van der Waals surface area contributed by atoms with Gasteiger partial charge in [0.15, 0.2) is 0 Å². The van der Waals surface area contributed by atoms with Gasteiger partial charge in [0, 0.05) is 36.1 Å². The van der Waals surface area contributed by atoms with Gasteiger partial charge in [0.1, 0.15) is 5.82 Å². The summed E-state index contributed by atoms with van der Waals surface area (Å²) in [6.45, 7) is 3.91. The summed E-state index contributed by atoms with van der Waals surface area (Å²) in [7, 11) is 0. The van der Waals surface area contributed by atoms with Crippen molar-refractivity contribution >= 4 is 11.4 Å². The molecule has 0 radical (unpaired) electrons. The average Bonchev–Trinajstić information content (AvgIpc) is 2.53. The molecule has 0 saturated carbocycles. The van der Waals surface area contributed by atoms with Gasteiger partial charge in [-0.25, -0.2) is 4.39 Å². The molecule has 1 N–H and O–H groups in total. The van der Waals surface area contributed by atoms with Crippen LogP contribution in [0, 0.1) is 12.7 Å². The number of nitrogens with one attached hydrogen (secondary N) is 1. The molecular formula is C18H21FN2. The summed E-state index contributed by atoms with van der Waals surface area (Å²) in [5.41, 5.74) is 2.93. The van der Waals surface area contributed by atoms with Gasteiger partial charge in [-0.1, -0.05) is 24.3 Å². The van der Waals surface area contributed by atoms with Gasteiger partial charge in [-0.3, -0.25) is 0 Å². The summed E-state index contributed by atoms with van der Waals surface area (Å²) in [5, 5.41) is 3.50. The van der Waals surface area contributed by atoms with Crippen molar-refractivity contribution in [3.63, 3.8) is 0 Å². The third kappa shape index (κ3) is 3.18. The summed E-state index contributed by atoms with van der Waals surface area (Å²) in [6, 6.07) is 16.2. The van der Waals surface area contributed by atoms with Crippen LogP contribution in [0.2, 0.25) is 0 Å². The van der Waals surface area contributed by atoms with E-state index < -0.39 is 0 Å². The first-order chi connectivity index (χ1) is 10.2. The van der Waals surface area contributed by atoms with E-state index in [1.165, 1.54) is 11.8 Å². The van der Waals surface area contributed by atoms with E-state index >= 15 is 0 Å². The molecule has 2 aromatic carbocycles. The topological polar surface area (TPSA) is 15.3 Å². The number of hydrogen-bond acceptors (Lipinski definition) is 2. The third-order valence-corrected chi connectivity index (χ3v) is 4.24. The molecule has 0 unspecified atom stereocenters. The summed E-state index contributed by atoms with van der Waals surface area (Å²) >= 11 is 0. The smallest absolute Gasteiger partial charge is 0.128 e. The molecule has 1 aliphatic heterocycles. The van der Waals surface area contributed by atoms with Crippen LogP contribution in [0.1, 0.15) is 18.4 Å². The number of benzene rings is 2. The SMILES string of the molecule is Cc1c(F)cccc1NC1CCN(c2ccccc2)CC1. The first kappa shape index (κ1) is 13.9. The number of anilines is 2. The largest absolute Gasteiger partial charge is 0.382 e. The van der Waals surface area contributed by atoms with Crippen LogP contribution in [-0.4, -0.2) is 19.1 Å². The lowest BCUT2D eigenvalue weighted by atomic mass is 10.0. The van der Waals surface area contributed by atoms with Crippen LogP contribution < -0.4 is 10.2 Å². The molecule has 0 spiro atoms. The van der Waals surface area contributed by atoms with Crippen LogP contribution in [0.4, 0.5) is 15.8 Å². The molecule has 110 valence electrons. The van der Waals surface area contributed by atoms with Crippen molar-refractivity contribution < 1.29 is 4.39 Å². The van der Waals surface area contributed by atoms with E-state index in [0.29, 0.717) is 11.6 Å². The third-order valence-electron chi connectivity index (χ3n) is 4.24. The highest BCUT2D eigenvalue weighted by Crippen LogP contribution is 2.24. The molecular weight excluding hydrogens is 263 g/mol. The monoisotopic (exact) mass is 284 g/mol. The Bertz CT molecular complexity index is 589. The predicted octanol–water partition coefficient (Wildman–Crippen LogP) is 4.22. The number of rotatable bonds is 3. The molecule has 3 rings (SSSR count). The Morgan fingerprint density at radius 3 is 2.43 bits per heavy atom. The number of halogens is 1. The fraction of sp³-hybridized carbons (Fsp3) is 0.333.